The first-order valence-electron chi connectivity index (χ1n) is 8.35. The molecule has 0 spiro atoms. The van der Waals surface area contributed by atoms with Gasteiger partial charge in [0.05, 0.1) is 0 Å². The molecule has 0 aliphatic rings. The van der Waals surface area contributed by atoms with E-state index in [9.17, 15) is 4.79 Å². The summed E-state index contributed by atoms with van der Waals surface area (Å²) in [6, 6.07) is 11.9. The SMILES string of the molecule is CC(C)c1cccc(C(C)C)c1NC(=O)c1cn2ccccc2n1. The van der Waals surface area contributed by atoms with E-state index < -0.39 is 0 Å². The van der Waals surface area contributed by atoms with Gasteiger partial charge in [0.15, 0.2) is 0 Å². The molecule has 0 fully saturated rings. The molecular formula is C20H23N3O. The molecule has 3 rings (SSSR count). The lowest BCUT2D eigenvalue weighted by Gasteiger charge is -2.19. The molecule has 3 aromatic rings. The van der Waals surface area contributed by atoms with Gasteiger partial charge in [-0.05, 0) is 35.1 Å². The summed E-state index contributed by atoms with van der Waals surface area (Å²) in [5.74, 6) is 0.494. The third-order valence-corrected chi connectivity index (χ3v) is 4.21. The zero-order valence-electron chi connectivity index (χ0n) is 14.6. The molecule has 1 N–H and O–H groups in total. The van der Waals surface area contributed by atoms with E-state index in [2.05, 4.69) is 56.2 Å². The smallest absolute Gasteiger partial charge is 0.275 e. The van der Waals surface area contributed by atoms with E-state index in [4.69, 9.17) is 0 Å². The van der Waals surface area contributed by atoms with Gasteiger partial charge in [-0.1, -0.05) is 52.0 Å². The number of nitrogens with zero attached hydrogens (tertiary/aromatic N) is 2. The fourth-order valence-electron chi connectivity index (χ4n) is 2.92. The van der Waals surface area contributed by atoms with Gasteiger partial charge in [0.1, 0.15) is 11.3 Å². The van der Waals surface area contributed by atoms with Crippen LogP contribution >= 0.6 is 0 Å². The van der Waals surface area contributed by atoms with E-state index in [0.717, 1.165) is 22.5 Å². The molecule has 2 heterocycles. The summed E-state index contributed by atoms with van der Waals surface area (Å²) < 4.78 is 1.85. The highest BCUT2D eigenvalue weighted by Gasteiger charge is 2.18. The van der Waals surface area contributed by atoms with Crippen LogP contribution in [0, 0.1) is 0 Å². The average molecular weight is 321 g/mol. The Labute approximate surface area is 142 Å². The summed E-state index contributed by atoms with van der Waals surface area (Å²) in [4.78, 5) is 17.2. The number of imidazole rings is 1. The van der Waals surface area contributed by atoms with Gasteiger partial charge in [-0.25, -0.2) is 4.98 Å². The minimum absolute atomic E-state index is 0.172. The van der Waals surface area contributed by atoms with Crippen molar-refractivity contribution in [2.75, 3.05) is 5.32 Å². The quantitative estimate of drug-likeness (QED) is 0.748. The predicted octanol–water partition coefficient (Wildman–Crippen LogP) is 4.83. The monoisotopic (exact) mass is 321 g/mol. The van der Waals surface area contributed by atoms with Crippen LogP contribution in [0.25, 0.3) is 5.65 Å². The largest absolute Gasteiger partial charge is 0.320 e. The lowest BCUT2D eigenvalue weighted by molar-refractivity contribution is 0.102. The number of pyridine rings is 1. The lowest BCUT2D eigenvalue weighted by Crippen LogP contribution is -2.16. The maximum atomic E-state index is 12.7. The summed E-state index contributed by atoms with van der Waals surface area (Å²) >= 11 is 0. The number of carbonyl (C=O) groups is 1. The molecule has 0 aliphatic heterocycles. The molecule has 1 amide bonds. The molecule has 24 heavy (non-hydrogen) atoms. The summed E-state index contributed by atoms with van der Waals surface area (Å²) in [5, 5.41) is 3.10. The molecule has 0 radical (unpaired) electrons. The van der Waals surface area contributed by atoms with Gasteiger partial charge in [0.2, 0.25) is 0 Å². The van der Waals surface area contributed by atoms with E-state index in [1.807, 2.05) is 28.8 Å². The Morgan fingerprint density at radius 1 is 1.00 bits per heavy atom. The van der Waals surface area contributed by atoms with Crippen molar-refractivity contribution in [1.29, 1.82) is 0 Å². The van der Waals surface area contributed by atoms with Crippen molar-refractivity contribution in [3.05, 3.63) is 65.6 Å². The first kappa shape index (κ1) is 16.2. The molecule has 0 saturated carbocycles. The molecule has 124 valence electrons. The lowest BCUT2D eigenvalue weighted by atomic mass is 9.92. The standard InChI is InChI=1S/C20H23N3O/c1-13(2)15-8-7-9-16(14(3)4)19(15)22-20(24)17-12-23-11-6-5-10-18(23)21-17/h5-14H,1-4H3,(H,22,24). The molecule has 1 aromatic carbocycles. The van der Waals surface area contributed by atoms with Gasteiger partial charge in [0.25, 0.3) is 5.91 Å². The van der Waals surface area contributed by atoms with Crippen LogP contribution in [0.3, 0.4) is 0 Å². The first-order valence-corrected chi connectivity index (χ1v) is 8.35. The van der Waals surface area contributed by atoms with Crippen LogP contribution in [0.4, 0.5) is 5.69 Å². The molecule has 2 aromatic heterocycles. The number of amides is 1. The van der Waals surface area contributed by atoms with Crippen molar-refractivity contribution in [1.82, 2.24) is 9.38 Å². The fraction of sp³-hybridized carbons (Fsp3) is 0.300. The normalized spacial score (nSPS) is 11.4. The predicted molar refractivity (Wildman–Crippen MR) is 97.8 cm³/mol. The highest BCUT2D eigenvalue weighted by atomic mass is 16.1. The van der Waals surface area contributed by atoms with Crippen LogP contribution in [-0.4, -0.2) is 15.3 Å². The second kappa shape index (κ2) is 6.48. The van der Waals surface area contributed by atoms with Gasteiger partial charge in [0, 0.05) is 18.1 Å². The van der Waals surface area contributed by atoms with Crippen LogP contribution in [-0.2, 0) is 0 Å². The number of carbonyl (C=O) groups excluding carboxylic acids is 1. The first-order chi connectivity index (χ1) is 11.5. The van der Waals surface area contributed by atoms with Crippen molar-refractivity contribution in [3.63, 3.8) is 0 Å². The Hall–Kier alpha value is -2.62. The van der Waals surface area contributed by atoms with E-state index in [1.165, 1.54) is 0 Å². The second-order valence-corrected chi connectivity index (χ2v) is 6.67. The molecule has 0 bridgehead atoms. The summed E-state index contributed by atoms with van der Waals surface area (Å²) in [6.07, 6.45) is 3.65. The molecule has 0 unspecified atom stereocenters. The minimum Gasteiger partial charge on any atom is -0.320 e. The van der Waals surface area contributed by atoms with Crippen LogP contribution < -0.4 is 5.32 Å². The third-order valence-electron chi connectivity index (χ3n) is 4.21. The third kappa shape index (κ3) is 3.04. The molecule has 4 nitrogen and oxygen atoms in total. The molecule has 0 aliphatic carbocycles. The van der Waals surface area contributed by atoms with Gasteiger partial charge in [-0.2, -0.15) is 0 Å². The Morgan fingerprint density at radius 3 is 2.25 bits per heavy atom. The molecule has 4 heteroatoms. The van der Waals surface area contributed by atoms with E-state index in [-0.39, 0.29) is 5.91 Å². The van der Waals surface area contributed by atoms with Crippen LogP contribution in [0.5, 0.6) is 0 Å². The average Bonchev–Trinajstić information content (AvgIpc) is 2.98. The Balaban J connectivity index is 1.99. The van der Waals surface area contributed by atoms with Crippen molar-refractivity contribution in [3.8, 4) is 0 Å². The minimum atomic E-state index is -0.172. The Bertz CT molecular complexity index is 818. The summed E-state index contributed by atoms with van der Waals surface area (Å²) in [6.45, 7) is 8.56. The topological polar surface area (TPSA) is 46.4 Å². The number of fused-ring (bicyclic) bond motifs is 1. The molecular weight excluding hydrogens is 298 g/mol. The van der Waals surface area contributed by atoms with Crippen molar-refractivity contribution in [2.24, 2.45) is 0 Å². The Kier molecular flexibility index (Phi) is 4.38. The zero-order valence-corrected chi connectivity index (χ0v) is 14.6. The van der Waals surface area contributed by atoms with E-state index in [1.54, 1.807) is 6.20 Å². The number of hydrogen-bond donors (Lipinski definition) is 1. The zero-order chi connectivity index (χ0) is 17.3. The van der Waals surface area contributed by atoms with Crippen molar-refractivity contribution >= 4 is 17.2 Å². The highest BCUT2D eigenvalue weighted by molar-refractivity contribution is 6.04. The summed E-state index contributed by atoms with van der Waals surface area (Å²) in [5.41, 5.74) is 4.42. The Morgan fingerprint density at radius 2 is 1.67 bits per heavy atom. The molecule has 0 atom stereocenters. The van der Waals surface area contributed by atoms with Crippen LogP contribution in [0.1, 0.15) is 61.1 Å². The van der Waals surface area contributed by atoms with Crippen molar-refractivity contribution in [2.45, 2.75) is 39.5 Å². The van der Waals surface area contributed by atoms with E-state index >= 15 is 0 Å². The van der Waals surface area contributed by atoms with Crippen molar-refractivity contribution < 1.29 is 4.79 Å². The van der Waals surface area contributed by atoms with Crippen LogP contribution in [0.15, 0.2) is 48.8 Å². The van der Waals surface area contributed by atoms with Crippen LogP contribution in [0.2, 0.25) is 0 Å². The van der Waals surface area contributed by atoms with E-state index in [0.29, 0.717) is 17.5 Å². The second-order valence-electron chi connectivity index (χ2n) is 6.67. The number of hydrogen-bond acceptors (Lipinski definition) is 2. The number of rotatable bonds is 4. The molecule has 0 saturated heterocycles. The number of para-hydroxylation sites is 1. The summed E-state index contributed by atoms with van der Waals surface area (Å²) in [7, 11) is 0. The maximum Gasteiger partial charge on any atom is 0.275 e. The number of aromatic nitrogens is 2. The maximum absolute atomic E-state index is 12.7. The number of anilines is 1. The van der Waals surface area contributed by atoms with Gasteiger partial charge < -0.3 is 9.72 Å². The van der Waals surface area contributed by atoms with Gasteiger partial charge in [-0.3, -0.25) is 4.79 Å². The number of benzene rings is 1. The highest BCUT2D eigenvalue weighted by Crippen LogP contribution is 2.32. The van der Waals surface area contributed by atoms with Gasteiger partial charge >= 0.3 is 0 Å². The fourth-order valence-corrected chi connectivity index (χ4v) is 2.92. The van der Waals surface area contributed by atoms with Gasteiger partial charge in [-0.15, -0.1) is 0 Å². The number of nitrogens with one attached hydrogen (secondary N) is 1.